The van der Waals surface area contributed by atoms with Crippen LogP contribution in [0.25, 0.3) is 0 Å². The van der Waals surface area contributed by atoms with E-state index < -0.39 is 0 Å². The van der Waals surface area contributed by atoms with Gasteiger partial charge in [-0.25, -0.2) is 0 Å². The molecular weight excluding hydrogens is 280 g/mol. The Labute approximate surface area is 129 Å². The fraction of sp³-hybridized carbons (Fsp3) is 0.500. The van der Waals surface area contributed by atoms with Gasteiger partial charge in [-0.2, -0.15) is 0 Å². The number of hydrogen-bond donors (Lipinski definition) is 2. The van der Waals surface area contributed by atoms with Crippen molar-refractivity contribution in [2.45, 2.75) is 51.5 Å². The molecule has 1 aliphatic carbocycles. The standard InChI is InChI=1S/C16H22N4S/c1-2-4-14-16(21-20-19-14)15(18-17)10-11-7-8-12-5-3-6-13(12)9-11/h7-9,15,18H,2-6,10,17H2,1H3. The van der Waals surface area contributed by atoms with Gasteiger partial charge in [0.25, 0.3) is 0 Å². The summed E-state index contributed by atoms with van der Waals surface area (Å²) in [5.74, 6) is 5.79. The zero-order valence-corrected chi connectivity index (χ0v) is 13.2. The zero-order valence-electron chi connectivity index (χ0n) is 12.4. The minimum Gasteiger partial charge on any atom is -0.271 e. The summed E-state index contributed by atoms with van der Waals surface area (Å²) in [5.41, 5.74) is 8.41. The molecule has 0 radical (unpaired) electrons. The SMILES string of the molecule is CCCc1nnsc1C(Cc1ccc2c(c1)CCC2)NN. The molecule has 0 spiro atoms. The lowest BCUT2D eigenvalue weighted by atomic mass is 9.99. The van der Waals surface area contributed by atoms with Crippen molar-refractivity contribution in [2.24, 2.45) is 5.84 Å². The number of fused-ring (bicyclic) bond motifs is 1. The highest BCUT2D eigenvalue weighted by Gasteiger charge is 2.19. The summed E-state index contributed by atoms with van der Waals surface area (Å²) in [7, 11) is 0. The Hall–Kier alpha value is -1.30. The Morgan fingerprint density at radius 1 is 1.33 bits per heavy atom. The molecule has 4 nitrogen and oxygen atoms in total. The van der Waals surface area contributed by atoms with Crippen LogP contribution >= 0.6 is 11.5 Å². The molecule has 0 bridgehead atoms. The van der Waals surface area contributed by atoms with Crippen LogP contribution in [0.15, 0.2) is 18.2 Å². The number of hydrogen-bond acceptors (Lipinski definition) is 5. The molecule has 0 fully saturated rings. The van der Waals surface area contributed by atoms with Crippen molar-refractivity contribution in [3.8, 4) is 0 Å². The Balaban J connectivity index is 1.79. The van der Waals surface area contributed by atoms with Crippen molar-refractivity contribution in [3.05, 3.63) is 45.5 Å². The normalized spacial score (nSPS) is 15.1. The molecule has 1 aliphatic rings. The summed E-state index contributed by atoms with van der Waals surface area (Å²) in [5, 5.41) is 4.25. The summed E-state index contributed by atoms with van der Waals surface area (Å²) in [6.45, 7) is 2.16. The van der Waals surface area contributed by atoms with E-state index in [0.717, 1.165) is 25.0 Å². The van der Waals surface area contributed by atoms with Crippen LogP contribution in [-0.2, 0) is 25.7 Å². The molecule has 1 atom stereocenters. The van der Waals surface area contributed by atoms with Gasteiger partial charge >= 0.3 is 0 Å². The molecule has 1 unspecified atom stereocenters. The van der Waals surface area contributed by atoms with Crippen molar-refractivity contribution in [1.29, 1.82) is 0 Å². The van der Waals surface area contributed by atoms with Crippen molar-refractivity contribution in [1.82, 2.24) is 15.0 Å². The van der Waals surface area contributed by atoms with Gasteiger partial charge in [-0.15, -0.1) is 5.10 Å². The van der Waals surface area contributed by atoms with E-state index in [4.69, 9.17) is 5.84 Å². The molecule has 5 heteroatoms. The van der Waals surface area contributed by atoms with Gasteiger partial charge in [0.2, 0.25) is 0 Å². The van der Waals surface area contributed by atoms with Crippen molar-refractivity contribution >= 4 is 11.5 Å². The monoisotopic (exact) mass is 302 g/mol. The maximum Gasteiger partial charge on any atom is 0.0804 e. The lowest BCUT2D eigenvalue weighted by Crippen LogP contribution is -2.29. The van der Waals surface area contributed by atoms with Gasteiger partial charge in [-0.1, -0.05) is 36.0 Å². The van der Waals surface area contributed by atoms with Crippen molar-refractivity contribution in [3.63, 3.8) is 0 Å². The Morgan fingerprint density at radius 2 is 2.19 bits per heavy atom. The molecule has 0 saturated carbocycles. The average Bonchev–Trinajstić information content (AvgIpc) is 3.13. The predicted molar refractivity (Wildman–Crippen MR) is 86.1 cm³/mol. The third-order valence-electron chi connectivity index (χ3n) is 4.19. The fourth-order valence-electron chi connectivity index (χ4n) is 3.11. The number of nitrogens with two attached hydrogens (primary N) is 1. The van der Waals surface area contributed by atoms with E-state index >= 15 is 0 Å². The second kappa shape index (κ2) is 6.64. The van der Waals surface area contributed by atoms with Crippen LogP contribution in [0, 0.1) is 0 Å². The first-order chi connectivity index (χ1) is 10.3. The van der Waals surface area contributed by atoms with Crippen LogP contribution in [0.4, 0.5) is 0 Å². The Morgan fingerprint density at radius 3 is 3.00 bits per heavy atom. The summed E-state index contributed by atoms with van der Waals surface area (Å²) < 4.78 is 4.11. The number of nitrogens with one attached hydrogen (secondary N) is 1. The number of aryl methyl sites for hydroxylation is 3. The minimum atomic E-state index is 0.103. The molecule has 1 aromatic heterocycles. The van der Waals surface area contributed by atoms with Crippen LogP contribution < -0.4 is 11.3 Å². The molecule has 3 N–H and O–H groups in total. The van der Waals surface area contributed by atoms with E-state index in [1.165, 1.54) is 52.4 Å². The highest BCUT2D eigenvalue weighted by Crippen LogP contribution is 2.27. The van der Waals surface area contributed by atoms with Gasteiger partial charge in [-0.05, 0) is 60.3 Å². The lowest BCUT2D eigenvalue weighted by molar-refractivity contribution is 0.554. The first-order valence-electron chi connectivity index (χ1n) is 7.69. The second-order valence-electron chi connectivity index (χ2n) is 5.71. The maximum absolute atomic E-state index is 5.79. The second-order valence-corrected chi connectivity index (χ2v) is 6.50. The van der Waals surface area contributed by atoms with Crippen LogP contribution in [0.1, 0.15) is 53.1 Å². The van der Waals surface area contributed by atoms with Gasteiger partial charge in [0, 0.05) is 0 Å². The van der Waals surface area contributed by atoms with Crippen LogP contribution in [0.3, 0.4) is 0 Å². The summed E-state index contributed by atoms with van der Waals surface area (Å²) in [6.07, 6.45) is 6.67. The third-order valence-corrected chi connectivity index (χ3v) is 5.07. The molecular formula is C16H22N4S. The van der Waals surface area contributed by atoms with Gasteiger partial charge in [-0.3, -0.25) is 11.3 Å². The topological polar surface area (TPSA) is 63.8 Å². The van der Waals surface area contributed by atoms with Gasteiger partial charge in [0.1, 0.15) is 0 Å². The van der Waals surface area contributed by atoms with E-state index in [2.05, 4.69) is 40.1 Å². The van der Waals surface area contributed by atoms with E-state index in [-0.39, 0.29) is 6.04 Å². The van der Waals surface area contributed by atoms with E-state index in [0.29, 0.717) is 0 Å². The Kier molecular flexibility index (Phi) is 4.63. The minimum absolute atomic E-state index is 0.103. The number of hydrazine groups is 1. The largest absolute Gasteiger partial charge is 0.271 e. The van der Waals surface area contributed by atoms with Crippen LogP contribution in [-0.4, -0.2) is 9.59 Å². The van der Waals surface area contributed by atoms with E-state index in [9.17, 15) is 0 Å². The fourth-order valence-corrected chi connectivity index (χ4v) is 3.86. The van der Waals surface area contributed by atoms with Crippen molar-refractivity contribution in [2.75, 3.05) is 0 Å². The molecule has 3 rings (SSSR count). The zero-order chi connectivity index (χ0) is 14.7. The van der Waals surface area contributed by atoms with Crippen LogP contribution in [0.2, 0.25) is 0 Å². The molecule has 0 aliphatic heterocycles. The summed E-state index contributed by atoms with van der Waals surface area (Å²) >= 11 is 1.46. The van der Waals surface area contributed by atoms with Crippen LogP contribution in [0.5, 0.6) is 0 Å². The predicted octanol–water partition coefficient (Wildman–Crippen LogP) is 2.73. The van der Waals surface area contributed by atoms with Crippen molar-refractivity contribution < 1.29 is 0 Å². The maximum atomic E-state index is 5.79. The molecule has 2 aromatic rings. The van der Waals surface area contributed by atoms with E-state index in [1.807, 2.05) is 0 Å². The Bertz CT molecular complexity index is 608. The quantitative estimate of drug-likeness (QED) is 0.636. The molecule has 0 amide bonds. The molecule has 1 aromatic carbocycles. The highest BCUT2D eigenvalue weighted by atomic mass is 32.1. The number of nitrogens with zero attached hydrogens (tertiary/aromatic N) is 2. The molecule has 1 heterocycles. The molecule has 0 saturated heterocycles. The first kappa shape index (κ1) is 14.6. The van der Waals surface area contributed by atoms with Gasteiger partial charge < -0.3 is 0 Å². The van der Waals surface area contributed by atoms with Gasteiger partial charge in [0.05, 0.1) is 16.6 Å². The summed E-state index contributed by atoms with van der Waals surface area (Å²) in [6, 6.07) is 6.97. The first-order valence-corrected chi connectivity index (χ1v) is 8.47. The summed E-state index contributed by atoms with van der Waals surface area (Å²) in [4.78, 5) is 1.18. The molecule has 21 heavy (non-hydrogen) atoms. The third kappa shape index (κ3) is 3.15. The van der Waals surface area contributed by atoms with Gasteiger partial charge in [0.15, 0.2) is 0 Å². The smallest absolute Gasteiger partial charge is 0.0804 e. The molecule has 112 valence electrons. The lowest BCUT2D eigenvalue weighted by Gasteiger charge is -2.16. The number of aromatic nitrogens is 2. The average molecular weight is 302 g/mol. The van der Waals surface area contributed by atoms with E-state index in [1.54, 1.807) is 0 Å². The number of rotatable bonds is 6. The highest BCUT2D eigenvalue weighted by molar-refractivity contribution is 7.05. The number of benzene rings is 1.